The summed E-state index contributed by atoms with van der Waals surface area (Å²) >= 11 is 1.81. The topological polar surface area (TPSA) is 15.3 Å². The lowest BCUT2D eigenvalue weighted by Crippen LogP contribution is -2.15. The molecule has 0 radical (unpaired) electrons. The minimum absolute atomic E-state index is 0.164. The third kappa shape index (κ3) is 7.70. The summed E-state index contributed by atoms with van der Waals surface area (Å²) in [5.74, 6) is 0. The molecule has 3 heteroatoms. The van der Waals surface area contributed by atoms with Crippen LogP contribution in [0.2, 0.25) is 0 Å². The Balaban J connectivity index is 1.16. The Kier molecular flexibility index (Phi) is 10.9. The fourth-order valence-electron chi connectivity index (χ4n) is 10.0. The van der Waals surface area contributed by atoms with Crippen LogP contribution in [0.3, 0.4) is 0 Å². The minimum atomic E-state index is -0.164. The van der Waals surface area contributed by atoms with E-state index in [0.717, 1.165) is 58.7 Å². The van der Waals surface area contributed by atoms with Crippen molar-refractivity contribution in [1.82, 2.24) is 0 Å². The van der Waals surface area contributed by atoms with E-state index in [1.807, 2.05) is 0 Å². The Bertz CT molecular complexity index is 3330. The number of nitrogens with one attached hydrogen (secondary N) is 1. The SMILES string of the molecule is CCCCc1ccc(N(c2cc(-c3ccccc3)cc(-c3cc4c(cc3Nc3ccc(-c5ccccc5)cc3)C(C)(C)c3ccccc3-4)c2)c2csc3ccccc23)c(-c2ccccc2)c1. The van der Waals surface area contributed by atoms with Crippen molar-refractivity contribution in [2.45, 2.75) is 45.4 Å². The molecule has 0 saturated heterocycles. The molecule has 2 nitrogen and oxygen atoms in total. The largest absolute Gasteiger partial charge is 0.355 e. The summed E-state index contributed by atoms with van der Waals surface area (Å²) in [7, 11) is 0. The molecular formula is C63H52N2S. The number of nitrogens with zero attached hydrogens (tertiary/aromatic N) is 1. The van der Waals surface area contributed by atoms with Gasteiger partial charge in [0.2, 0.25) is 0 Å². The molecule has 320 valence electrons. The zero-order valence-corrected chi connectivity index (χ0v) is 38.6. The first-order valence-corrected chi connectivity index (χ1v) is 24.2. The van der Waals surface area contributed by atoms with Crippen LogP contribution in [0, 0.1) is 0 Å². The number of anilines is 5. The summed E-state index contributed by atoms with van der Waals surface area (Å²) in [6.07, 6.45) is 3.37. The summed E-state index contributed by atoms with van der Waals surface area (Å²) < 4.78 is 1.27. The van der Waals surface area contributed by atoms with Gasteiger partial charge in [-0.15, -0.1) is 11.3 Å². The van der Waals surface area contributed by atoms with Gasteiger partial charge in [0.15, 0.2) is 0 Å². The van der Waals surface area contributed by atoms with Gasteiger partial charge in [-0.2, -0.15) is 0 Å². The highest BCUT2D eigenvalue weighted by atomic mass is 32.1. The van der Waals surface area contributed by atoms with Crippen LogP contribution in [0.4, 0.5) is 28.4 Å². The predicted octanol–water partition coefficient (Wildman–Crippen LogP) is 18.4. The molecule has 1 aromatic heterocycles. The smallest absolute Gasteiger partial charge is 0.0647 e. The second-order valence-electron chi connectivity index (χ2n) is 18.1. The fraction of sp³-hybridized carbons (Fsp3) is 0.111. The number of fused-ring (bicyclic) bond motifs is 4. The Hall–Kier alpha value is -7.46. The summed E-state index contributed by atoms with van der Waals surface area (Å²) in [6, 6.07) is 78.4. The molecule has 1 N–H and O–H groups in total. The molecule has 0 unspecified atom stereocenters. The Morgan fingerprint density at radius 3 is 1.85 bits per heavy atom. The van der Waals surface area contributed by atoms with Crippen LogP contribution in [-0.2, 0) is 11.8 Å². The van der Waals surface area contributed by atoms with E-state index in [1.165, 1.54) is 71.4 Å². The van der Waals surface area contributed by atoms with Gasteiger partial charge in [-0.1, -0.05) is 179 Å². The Labute approximate surface area is 393 Å². The van der Waals surface area contributed by atoms with Crippen molar-refractivity contribution in [3.05, 3.63) is 234 Å². The molecule has 0 amide bonds. The van der Waals surface area contributed by atoms with Gasteiger partial charge in [-0.05, 0) is 135 Å². The Morgan fingerprint density at radius 2 is 1.11 bits per heavy atom. The zero-order valence-electron chi connectivity index (χ0n) is 37.8. The van der Waals surface area contributed by atoms with Crippen LogP contribution < -0.4 is 10.2 Å². The van der Waals surface area contributed by atoms with Crippen LogP contribution in [0.5, 0.6) is 0 Å². The zero-order chi connectivity index (χ0) is 44.6. The highest BCUT2D eigenvalue weighted by molar-refractivity contribution is 7.17. The normalized spacial score (nSPS) is 12.5. The lowest BCUT2D eigenvalue weighted by molar-refractivity contribution is 0.660. The van der Waals surface area contributed by atoms with Gasteiger partial charge in [0, 0.05) is 49.1 Å². The van der Waals surface area contributed by atoms with Gasteiger partial charge in [-0.25, -0.2) is 0 Å². The van der Waals surface area contributed by atoms with Crippen LogP contribution in [0.15, 0.2) is 218 Å². The lowest BCUT2D eigenvalue weighted by Gasteiger charge is -2.29. The molecule has 0 fully saturated rings. The van der Waals surface area contributed by atoms with Gasteiger partial charge < -0.3 is 10.2 Å². The molecule has 0 bridgehead atoms. The van der Waals surface area contributed by atoms with Crippen molar-refractivity contribution in [3.8, 4) is 55.6 Å². The maximum absolute atomic E-state index is 3.98. The van der Waals surface area contributed by atoms with E-state index in [9.17, 15) is 0 Å². The molecule has 0 atom stereocenters. The highest BCUT2D eigenvalue weighted by Gasteiger charge is 2.36. The first-order valence-electron chi connectivity index (χ1n) is 23.3. The molecule has 9 aromatic carbocycles. The van der Waals surface area contributed by atoms with E-state index >= 15 is 0 Å². The number of hydrogen-bond acceptors (Lipinski definition) is 3. The number of hydrogen-bond donors (Lipinski definition) is 1. The van der Waals surface area contributed by atoms with Gasteiger partial charge in [0.05, 0.1) is 11.4 Å². The summed E-state index contributed by atoms with van der Waals surface area (Å²) in [4.78, 5) is 2.53. The monoisotopic (exact) mass is 868 g/mol. The summed E-state index contributed by atoms with van der Waals surface area (Å²) in [6.45, 7) is 7.01. The third-order valence-corrected chi connectivity index (χ3v) is 14.4. The van der Waals surface area contributed by atoms with Gasteiger partial charge in [-0.3, -0.25) is 0 Å². The number of thiophene rings is 1. The molecule has 1 aliphatic carbocycles. The van der Waals surface area contributed by atoms with E-state index in [1.54, 1.807) is 11.3 Å². The molecule has 66 heavy (non-hydrogen) atoms. The van der Waals surface area contributed by atoms with Gasteiger partial charge >= 0.3 is 0 Å². The maximum atomic E-state index is 3.98. The average molecular weight is 869 g/mol. The standard InChI is InChI=1S/C63H52N2S/c1-4-5-19-43-30-35-60(55(36-43)47-24-13-8-14-25-47)65(61-42-66-62-29-18-16-27-53(61)62)51-38-48(45-22-11-7-12-23-45)37-49(39-51)54-40-56-52-26-15-17-28-57(52)63(2,3)58(56)41-59(54)64-50-33-31-46(32-34-50)44-20-9-6-10-21-44/h6-18,20-42,64H,4-5,19H2,1-3H3. The maximum Gasteiger partial charge on any atom is 0.0647 e. The van der Waals surface area contributed by atoms with Gasteiger partial charge in [0.25, 0.3) is 0 Å². The van der Waals surface area contributed by atoms with Crippen LogP contribution in [0.25, 0.3) is 65.7 Å². The van der Waals surface area contributed by atoms with E-state index in [4.69, 9.17) is 0 Å². The molecule has 0 saturated carbocycles. The average Bonchev–Trinajstić information content (AvgIpc) is 3.89. The molecule has 1 heterocycles. The second-order valence-corrected chi connectivity index (χ2v) is 19.0. The van der Waals surface area contributed by atoms with Crippen LogP contribution in [0.1, 0.15) is 50.3 Å². The molecule has 0 spiro atoms. The lowest BCUT2D eigenvalue weighted by atomic mass is 9.81. The molecule has 11 rings (SSSR count). The third-order valence-electron chi connectivity index (χ3n) is 13.5. The van der Waals surface area contributed by atoms with Gasteiger partial charge in [0.1, 0.15) is 0 Å². The number of aryl methyl sites for hydroxylation is 1. The van der Waals surface area contributed by atoms with Crippen molar-refractivity contribution in [2.24, 2.45) is 0 Å². The van der Waals surface area contributed by atoms with Crippen molar-refractivity contribution < 1.29 is 0 Å². The quantitative estimate of drug-likeness (QED) is 0.132. The minimum Gasteiger partial charge on any atom is -0.355 e. The Morgan fingerprint density at radius 1 is 0.470 bits per heavy atom. The first kappa shape index (κ1) is 41.3. The molecule has 0 aliphatic heterocycles. The second kappa shape index (κ2) is 17.5. The van der Waals surface area contributed by atoms with Crippen molar-refractivity contribution >= 4 is 49.9 Å². The summed E-state index contributed by atoms with van der Waals surface area (Å²) in [5.41, 5.74) is 21.5. The van der Waals surface area contributed by atoms with Crippen LogP contribution in [-0.4, -0.2) is 0 Å². The van der Waals surface area contributed by atoms with E-state index in [-0.39, 0.29) is 5.41 Å². The number of unbranched alkanes of at least 4 members (excludes halogenated alkanes) is 1. The highest BCUT2D eigenvalue weighted by Crippen LogP contribution is 2.53. The first-order chi connectivity index (χ1) is 32.4. The van der Waals surface area contributed by atoms with Crippen molar-refractivity contribution in [1.29, 1.82) is 0 Å². The van der Waals surface area contributed by atoms with Crippen molar-refractivity contribution in [3.63, 3.8) is 0 Å². The van der Waals surface area contributed by atoms with Crippen molar-refractivity contribution in [2.75, 3.05) is 10.2 Å². The molecule has 1 aliphatic rings. The summed E-state index contributed by atoms with van der Waals surface area (Å²) in [5, 5.41) is 7.56. The van der Waals surface area contributed by atoms with E-state index in [2.05, 4.69) is 249 Å². The molecular weight excluding hydrogens is 817 g/mol. The van der Waals surface area contributed by atoms with E-state index in [0.29, 0.717) is 0 Å². The van der Waals surface area contributed by atoms with Crippen LogP contribution >= 0.6 is 11.3 Å². The number of rotatable bonds is 12. The predicted molar refractivity (Wildman–Crippen MR) is 284 cm³/mol. The van der Waals surface area contributed by atoms with E-state index < -0.39 is 0 Å². The molecule has 10 aromatic rings. The fourth-order valence-corrected chi connectivity index (χ4v) is 11.0. The number of benzene rings is 9.